The highest BCUT2D eigenvalue weighted by atomic mass is 79.9. The molecule has 0 atom stereocenters. The molecule has 184 valence electrons. The van der Waals surface area contributed by atoms with Gasteiger partial charge >= 0.3 is 0 Å². The monoisotopic (exact) mass is 564 g/mol. The van der Waals surface area contributed by atoms with E-state index in [1.54, 1.807) is 18.2 Å². The van der Waals surface area contributed by atoms with Crippen LogP contribution in [0.3, 0.4) is 0 Å². The molecule has 0 saturated carbocycles. The second kappa shape index (κ2) is 10.6. The van der Waals surface area contributed by atoms with Gasteiger partial charge in [0.1, 0.15) is 5.57 Å². The van der Waals surface area contributed by atoms with Crippen LogP contribution in [0.2, 0.25) is 0 Å². The van der Waals surface area contributed by atoms with Gasteiger partial charge in [-0.25, -0.2) is 0 Å². The number of amides is 2. The predicted octanol–water partition coefficient (Wildman–Crippen LogP) is 6.22. The van der Waals surface area contributed by atoms with Gasteiger partial charge in [-0.3, -0.25) is 19.4 Å². The van der Waals surface area contributed by atoms with Gasteiger partial charge in [0, 0.05) is 0 Å². The summed E-state index contributed by atoms with van der Waals surface area (Å²) in [6.45, 7) is 6.26. The minimum absolute atomic E-state index is 0.0251. The van der Waals surface area contributed by atoms with Crippen LogP contribution in [0.25, 0.3) is 6.08 Å². The molecule has 0 unspecified atom stereocenters. The quantitative estimate of drug-likeness (QED) is 0.202. The van der Waals surface area contributed by atoms with Crippen molar-refractivity contribution in [3.63, 3.8) is 0 Å². The van der Waals surface area contributed by atoms with Gasteiger partial charge in [0.25, 0.3) is 11.8 Å². The first-order chi connectivity index (χ1) is 17.2. The van der Waals surface area contributed by atoms with Gasteiger partial charge in [-0.15, -0.1) is 0 Å². The van der Waals surface area contributed by atoms with Gasteiger partial charge < -0.3 is 9.47 Å². The molecule has 1 heterocycles. The van der Waals surface area contributed by atoms with Crippen molar-refractivity contribution in [1.29, 1.82) is 0 Å². The number of hydrogen-bond donors (Lipinski definition) is 0. The van der Waals surface area contributed by atoms with E-state index in [9.17, 15) is 9.59 Å². The van der Waals surface area contributed by atoms with E-state index in [2.05, 4.69) is 15.9 Å². The molecule has 4 rings (SSSR count). The third-order valence-corrected chi connectivity index (χ3v) is 6.64. The van der Waals surface area contributed by atoms with Gasteiger partial charge in [-0.2, -0.15) is 0 Å². The second-order valence-electron chi connectivity index (χ2n) is 8.26. The number of aryl methyl sites for hydroxylation is 2. The highest BCUT2D eigenvalue weighted by molar-refractivity contribution is 9.10. The molecule has 3 aromatic carbocycles. The molecule has 0 aromatic heterocycles. The number of carbonyl (C=O) groups excluding carboxylic acids is 2. The summed E-state index contributed by atoms with van der Waals surface area (Å²) in [5.74, 6) is 0.0321. The van der Waals surface area contributed by atoms with Crippen LogP contribution in [-0.2, 0) is 9.59 Å². The standard InChI is InChI=1S/C28H25BrN2O4S/c1-5-35-25-23(29)15-19(16-24(25)34-4)14-22-26(32)30(20-10-6-17(2)7-11-20)28(36)31(27(22)33)21-12-8-18(3)9-13-21/h6-16H,5H2,1-4H3. The molecule has 3 aromatic rings. The first-order valence-corrected chi connectivity index (χ1v) is 12.5. The molecule has 1 aliphatic rings. The molecule has 0 spiro atoms. The smallest absolute Gasteiger partial charge is 0.270 e. The van der Waals surface area contributed by atoms with Gasteiger partial charge in [0.05, 0.1) is 29.6 Å². The van der Waals surface area contributed by atoms with Crippen LogP contribution in [0, 0.1) is 13.8 Å². The summed E-state index contributed by atoms with van der Waals surface area (Å²) in [5.41, 5.74) is 3.82. The number of thiocarbonyl (C=S) groups is 1. The molecule has 6 nitrogen and oxygen atoms in total. The number of benzene rings is 3. The van der Waals surface area contributed by atoms with Crippen molar-refractivity contribution in [2.45, 2.75) is 20.8 Å². The number of nitrogens with zero attached hydrogens (tertiary/aromatic N) is 2. The maximum atomic E-state index is 13.7. The predicted molar refractivity (Wildman–Crippen MR) is 150 cm³/mol. The Hall–Kier alpha value is -3.49. The molecule has 1 saturated heterocycles. The Morgan fingerprint density at radius 3 is 1.83 bits per heavy atom. The largest absolute Gasteiger partial charge is 0.493 e. The summed E-state index contributed by atoms with van der Waals surface area (Å²) in [4.78, 5) is 30.2. The third kappa shape index (κ3) is 4.92. The van der Waals surface area contributed by atoms with Crippen molar-refractivity contribution in [3.05, 3.63) is 87.4 Å². The summed E-state index contributed by atoms with van der Waals surface area (Å²) in [7, 11) is 1.54. The van der Waals surface area contributed by atoms with E-state index in [0.717, 1.165) is 11.1 Å². The van der Waals surface area contributed by atoms with Crippen LogP contribution in [0.1, 0.15) is 23.6 Å². The van der Waals surface area contributed by atoms with Crippen molar-refractivity contribution in [2.24, 2.45) is 0 Å². The topological polar surface area (TPSA) is 59.1 Å². The minimum atomic E-state index is -0.499. The van der Waals surface area contributed by atoms with Crippen LogP contribution in [0.15, 0.2) is 70.7 Å². The normalized spacial score (nSPS) is 13.8. The Bertz CT molecular complexity index is 1300. The number of hydrogen-bond acceptors (Lipinski definition) is 5. The molecule has 8 heteroatoms. The summed E-state index contributed by atoms with van der Waals surface area (Å²) in [5, 5.41) is 0.0975. The number of anilines is 2. The summed E-state index contributed by atoms with van der Waals surface area (Å²) < 4.78 is 11.8. The number of methoxy groups -OCH3 is 1. The van der Waals surface area contributed by atoms with Crippen molar-refractivity contribution >= 4 is 62.5 Å². The van der Waals surface area contributed by atoms with Crippen molar-refractivity contribution in [3.8, 4) is 11.5 Å². The lowest BCUT2D eigenvalue weighted by Crippen LogP contribution is -2.56. The average Bonchev–Trinajstić information content (AvgIpc) is 2.85. The minimum Gasteiger partial charge on any atom is -0.493 e. The Morgan fingerprint density at radius 1 is 0.889 bits per heavy atom. The van der Waals surface area contributed by atoms with E-state index >= 15 is 0 Å². The maximum absolute atomic E-state index is 13.7. The number of ether oxygens (including phenoxy) is 2. The van der Waals surface area contributed by atoms with E-state index in [4.69, 9.17) is 21.7 Å². The molecular weight excluding hydrogens is 540 g/mol. The van der Waals surface area contributed by atoms with Crippen molar-refractivity contribution in [1.82, 2.24) is 0 Å². The Kier molecular flexibility index (Phi) is 7.56. The number of carbonyl (C=O) groups is 2. The third-order valence-electron chi connectivity index (χ3n) is 5.69. The highest BCUT2D eigenvalue weighted by Gasteiger charge is 2.41. The zero-order chi connectivity index (χ0) is 26.0. The summed E-state index contributed by atoms with van der Waals surface area (Å²) >= 11 is 9.20. The number of rotatable bonds is 6. The molecule has 0 bridgehead atoms. The zero-order valence-corrected chi connectivity index (χ0v) is 22.8. The molecule has 0 N–H and O–H groups in total. The SMILES string of the molecule is CCOc1c(Br)cc(C=C2C(=O)N(c3ccc(C)cc3)C(=S)N(c3ccc(C)cc3)C2=O)cc1OC. The van der Waals surface area contributed by atoms with Crippen LogP contribution >= 0.6 is 28.1 Å². The van der Waals surface area contributed by atoms with Crippen molar-refractivity contribution in [2.75, 3.05) is 23.5 Å². The molecular formula is C28H25BrN2O4S. The van der Waals surface area contributed by atoms with E-state index in [1.165, 1.54) is 16.9 Å². The fourth-order valence-corrected chi connectivity index (χ4v) is 4.80. The zero-order valence-electron chi connectivity index (χ0n) is 20.4. The fourth-order valence-electron chi connectivity index (χ4n) is 3.85. The van der Waals surface area contributed by atoms with Crippen LogP contribution in [0.4, 0.5) is 11.4 Å². The van der Waals surface area contributed by atoms with Crippen molar-refractivity contribution < 1.29 is 19.1 Å². The second-order valence-corrected chi connectivity index (χ2v) is 9.48. The summed E-state index contributed by atoms with van der Waals surface area (Å²) in [6.07, 6.45) is 1.55. The molecule has 1 aliphatic heterocycles. The lowest BCUT2D eigenvalue weighted by Gasteiger charge is -2.36. The molecule has 0 radical (unpaired) electrons. The Balaban J connectivity index is 1.87. The van der Waals surface area contributed by atoms with Gasteiger partial charge in [-0.05, 0) is 97.0 Å². The van der Waals surface area contributed by atoms with Gasteiger partial charge in [-0.1, -0.05) is 35.4 Å². The lowest BCUT2D eigenvalue weighted by molar-refractivity contribution is -0.120. The molecule has 36 heavy (non-hydrogen) atoms. The van der Waals surface area contributed by atoms with E-state index in [-0.39, 0.29) is 10.7 Å². The maximum Gasteiger partial charge on any atom is 0.270 e. The average molecular weight is 565 g/mol. The van der Waals surface area contributed by atoms with Crippen LogP contribution < -0.4 is 19.3 Å². The Morgan fingerprint density at radius 2 is 1.39 bits per heavy atom. The van der Waals surface area contributed by atoms with Gasteiger partial charge in [0.2, 0.25) is 0 Å². The number of halogens is 1. The van der Waals surface area contributed by atoms with E-state index < -0.39 is 11.8 Å². The first kappa shape index (κ1) is 25.6. The van der Waals surface area contributed by atoms with Gasteiger partial charge in [0.15, 0.2) is 16.6 Å². The lowest BCUT2D eigenvalue weighted by atomic mass is 10.0. The van der Waals surface area contributed by atoms with Crippen LogP contribution in [0.5, 0.6) is 11.5 Å². The fraction of sp³-hybridized carbons (Fsp3) is 0.179. The highest BCUT2D eigenvalue weighted by Crippen LogP contribution is 2.38. The molecule has 0 aliphatic carbocycles. The van der Waals surface area contributed by atoms with E-state index in [1.807, 2.05) is 69.3 Å². The summed E-state index contributed by atoms with van der Waals surface area (Å²) in [6, 6.07) is 18.4. The van der Waals surface area contributed by atoms with Crippen LogP contribution in [-0.4, -0.2) is 30.6 Å². The van der Waals surface area contributed by atoms with E-state index in [0.29, 0.717) is 39.5 Å². The molecule has 1 fully saturated rings. The molecule has 2 amide bonds. The Labute approximate surface area is 224 Å². The first-order valence-electron chi connectivity index (χ1n) is 11.3.